The zero-order valence-electron chi connectivity index (χ0n) is 20.1. The molecule has 3 heterocycles. The zero-order valence-corrected chi connectivity index (χ0v) is 20.9. The first-order valence-electron chi connectivity index (χ1n) is 11.5. The molecule has 9 heteroatoms. The molecule has 5 aromatic rings. The number of benzene rings is 2. The van der Waals surface area contributed by atoms with Crippen molar-refractivity contribution < 1.29 is 4.79 Å². The summed E-state index contributed by atoms with van der Waals surface area (Å²) in [5.41, 5.74) is 4.07. The number of rotatable bonds is 7. The van der Waals surface area contributed by atoms with Gasteiger partial charge in [-0.05, 0) is 51.5 Å². The number of nitrogens with zero attached hydrogens (tertiary/aromatic N) is 5. The lowest BCUT2D eigenvalue weighted by Crippen LogP contribution is -2.25. The van der Waals surface area contributed by atoms with Gasteiger partial charge >= 0.3 is 0 Å². The Morgan fingerprint density at radius 1 is 1.06 bits per heavy atom. The number of aromatic nitrogens is 6. The number of aryl methyl sites for hydroxylation is 1. The first-order chi connectivity index (χ1) is 16.9. The molecule has 0 unspecified atom stereocenters. The summed E-state index contributed by atoms with van der Waals surface area (Å²) in [6.45, 7) is 7.98. The van der Waals surface area contributed by atoms with Crippen LogP contribution < -0.4 is 5.32 Å². The van der Waals surface area contributed by atoms with Crippen molar-refractivity contribution in [3.63, 3.8) is 0 Å². The number of carbonyl (C=O) groups excluding carboxylic acids is 1. The maximum absolute atomic E-state index is 13.1. The van der Waals surface area contributed by atoms with Crippen LogP contribution in [0.5, 0.6) is 0 Å². The minimum absolute atomic E-state index is 0.121. The maximum Gasteiger partial charge on any atom is 0.238 e. The smallest absolute Gasteiger partial charge is 0.238 e. The molecule has 0 bridgehead atoms. The van der Waals surface area contributed by atoms with E-state index in [4.69, 9.17) is 0 Å². The normalized spacial score (nSPS) is 12.4. The van der Waals surface area contributed by atoms with E-state index >= 15 is 0 Å². The Balaban J connectivity index is 1.50. The summed E-state index contributed by atoms with van der Waals surface area (Å²) in [6.07, 6.45) is 3.65. The van der Waals surface area contributed by atoms with Crippen LogP contribution in [0.1, 0.15) is 32.4 Å². The number of thioether (sulfide) groups is 1. The van der Waals surface area contributed by atoms with E-state index in [1.54, 1.807) is 16.9 Å². The third kappa shape index (κ3) is 4.46. The number of hydrogen-bond donors (Lipinski definition) is 2. The van der Waals surface area contributed by atoms with Crippen molar-refractivity contribution in [3.05, 3.63) is 72.6 Å². The fraction of sp³-hybridized carbons (Fsp3) is 0.231. The molecule has 0 saturated heterocycles. The highest BCUT2D eigenvalue weighted by molar-refractivity contribution is 8.00. The first-order valence-corrected chi connectivity index (χ1v) is 12.4. The second kappa shape index (κ2) is 9.42. The highest BCUT2D eigenvalue weighted by Crippen LogP contribution is 2.34. The Hall–Kier alpha value is -3.85. The van der Waals surface area contributed by atoms with Crippen molar-refractivity contribution in [2.45, 2.75) is 44.1 Å². The van der Waals surface area contributed by atoms with Crippen molar-refractivity contribution in [1.82, 2.24) is 29.5 Å². The lowest BCUT2D eigenvalue weighted by atomic mass is 10.1. The fourth-order valence-electron chi connectivity index (χ4n) is 4.04. The molecule has 8 nitrogen and oxygen atoms in total. The van der Waals surface area contributed by atoms with Gasteiger partial charge in [0.1, 0.15) is 5.82 Å². The number of aromatic amines is 1. The van der Waals surface area contributed by atoms with Crippen LogP contribution in [0, 0.1) is 6.92 Å². The first kappa shape index (κ1) is 22.9. The Bertz CT molecular complexity index is 1500. The second-order valence-electron chi connectivity index (χ2n) is 8.73. The summed E-state index contributed by atoms with van der Waals surface area (Å²) in [4.78, 5) is 16.4. The summed E-state index contributed by atoms with van der Waals surface area (Å²) >= 11 is 1.38. The van der Waals surface area contributed by atoms with Crippen LogP contribution in [0.15, 0.2) is 72.1 Å². The van der Waals surface area contributed by atoms with Crippen LogP contribution in [0.25, 0.3) is 28.0 Å². The average molecular weight is 486 g/mol. The Morgan fingerprint density at radius 2 is 1.89 bits per heavy atom. The summed E-state index contributed by atoms with van der Waals surface area (Å²) in [6, 6.07) is 18.3. The van der Waals surface area contributed by atoms with Gasteiger partial charge in [0.2, 0.25) is 5.91 Å². The number of fused-ring (bicyclic) bond motifs is 1. The van der Waals surface area contributed by atoms with Crippen molar-refractivity contribution in [2.24, 2.45) is 0 Å². The lowest BCUT2D eigenvalue weighted by Gasteiger charge is -2.16. The van der Waals surface area contributed by atoms with Crippen molar-refractivity contribution in [2.75, 3.05) is 5.32 Å². The van der Waals surface area contributed by atoms with Gasteiger partial charge in [-0.1, -0.05) is 42.1 Å². The van der Waals surface area contributed by atoms with Crippen LogP contribution in [0.4, 0.5) is 5.82 Å². The molecule has 1 amide bonds. The molecule has 2 N–H and O–H groups in total. The van der Waals surface area contributed by atoms with Gasteiger partial charge in [0.15, 0.2) is 11.0 Å². The molecule has 2 aromatic carbocycles. The van der Waals surface area contributed by atoms with E-state index in [0.29, 0.717) is 11.0 Å². The van der Waals surface area contributed by atoms with E-state index in [1.165, 1.54) is 11.8 Å². The number of anilines is 1. The predicted molar refractivity (Wildman–Crippen MR) is 140 cm³/mol. The van der Waals surface area contributed by atoms with Gasteiger partial charge in [-0.25, -0.2) is 4.68 Å². The SMILES string of the molecule is Cc1cccc(-n2c(S[C@@H](C)C(=O)Nc3ccnn3C(C)C)nnc2-c2c[nH]c3ccccc23)c1. The Morgan fingerprint density at radius 3 is 2.69 bits per heavy atom. The largest absolute Gasteiger partial charge is 0.360 e. The quantitative estimate of drug-likeness (QED) is 0.292. The number of nitrogens with one attached hydrogen (secondary N) is 2. The summed E-state index contributed by atoms with van der Waals surface area (Å²) in [5, 5.41) is 17.7. The summed E-state index contributed by atoms with van der Waals surface area (Å²) in [5.74, 6) is 1.28. The topological polar surface area (TPSA) is 93.4 Å². The van der Waals surface area contributed by atoms with Crippen molar-refractivity contribution >= 4 is 34.4 Å². The number of amides is 1. The van der Waals surface area contributed by atoms with Gasteiger partial charge in [-0.3, -0.25) is 9.36 Å². The van der Waals surface area contributed by atoms with Gasteiger partial charge in [0, 0.05) is 40.5 Å². The van der Waals surface area contributed by atoms with Crippen LogP contribution in [-0.2, 0) is 4.79 Å². The molecule has 0 spiro atoms. The number of carbonyl (C=O) groups is 1. The Kier molecular flexibility index (Phi) is 6.17. The highest BCUT2D eigenvalue weighted by Gasteiger charge is 2.24. The van der Waals surface area contributed by atoms with Gasteiger partial charge in [0.25, 0.3) is 0 Å². The van der Waals surface area contributed by atoms with Gasteiger partial charge in [0.05, 0.1) is 11.4 Å². The third-order valence-corrected chi connectivity index (χ3v) is 6.83. The highest BCUT2D eigenvalue weighted by atomic mass is 32.2. The molecule has 0 fully saturated rings. The molecule has 1 atom stereocenters. The number of H-pyrrole nitrogens is 1. The minimum atomic E-state index is -0.408. The van der Waals surface area contributed by atoms with E-state index in [-0.39, 0.29) is 11.9 Å². The molecule has 5 rings (SSSR count). The van der Waals surface area contributed by atoms with E-state index < -0.39 is 5.25 Å². The summed E-state index contributed by atoms with van der Waals surface area (Å²) < 4.78 is 3.81. The molecule has 0 radical (unpaired) electrons. The van der Waals surface area contributed by atoms with E-state index in [0.717, 1.165) is 33.5 Å². The molecule has 0 aliphatic carbocycles. The molecular weight excluding hydrogens is 458 g/mol. The second-order valence-corrected chi connectivity index (χ2v) is 10.0. The van der Waals surface area contributed by atoms with Gasteiger partial charge in [-0.15, -0.1) is 10.2 Å². The minimum Gasteiger partial charge on any atom is -0.360 e. The average Bonchev–Trinajstić information content (AvgIpc) is 3.57. The molecule has 3 aromatic heterocycles. The van der Waals surface area contributed by atoms with E-state index in [2.05, 4.69) is 50.7 Å². The molecule has 35 heavy (non-hydrogen) atoms. The van der Waals surface area contributed by atoms with Gasteiger partial charge < -0.3 is 10.3 Å². The molecule has 0 saturated carbocycles. The van der Waals surface area contributed by atoms with Crippen LogP contribution >= 0.6 is 11.8 Å². The zero-order chi connectivity index (χ0) is 24.5. The van der Waals surface area contributed by atoms with Crippen molar-refractivity contribution in [1.29, 1.82) is 0 Å². The van der Waals surface area contributed by atoms with Crippen LogP contribution in [0.2, 0.25) is 0 Å². The monoisotopic (exact) mass is 485 g/mol. The lowest BCUT2D eigenvalue weighted by molar-refractivity contribution is -0.115. The van der Waals surface area contributed by atoms with Gasteiger partial charge in [-0.2, -0.15) is 5.10 Å². The third-order valence-electron chi connectivity index (χ3n) is 5.79. The maximum atomic E-state index is 13.1. The molecule has 0 aliphatic rings. The molecule has 178 valence electrons. The number of hydrogen-bond acceptors (Lipinski definition) is 5. The van der Waals surface area contributed by atoms with Crippen LogP contribution in [-0.4, -0.2) is 40.7 Å². The van der Waals surface area contributed by atoms with E-state index in [9.17, 15) is 4.79 Å². The fourth-order valence-corrected chi connectivity index (χ4v) is 4.91. The van der Waals surface area contributed by atoms with Crippen LogP contribution in [0.3, 0.4) is 0 Å². The number of para-hydroxylation sites is 1. The summed E-state index contributed by atoms with van der Waals surface area (Å²) in [7, 11) is 0. The predicted octanol–water partition coefficient (Wildman–Crippen LogP) is 5.62. The Labute approximate surface area is 207 Å². The van der Waals surface area contributed by atoms with Crippen molar-refractivity contribution in [3.8, 4) is 17.1 Å². The van der Waals surface area contributed by atoms with E-state index in [1.807, 2.05) is 61.9 Å². The molecule has 0 aliphatic heterocycles. The molecular formula is C26H27N7OS. The standard InChI is InChI=1S/C26H27N7OS/c1-16(2)33-23(12-13-28-33)29-25(34)18(4)35-26-31-30-24(32(26)19-9-7-8-17(3)14-19)21-15-27-22-11-6-5-10-20(21)22/h5-16,18,27H,1-4H3,(H,29,34)/t18-/m0/s1.